The number of nitro benzene ring substituents is 1. The van der Waals surface area contributed by atoms with Gasteiger partial charge in [-0.3, -0.25) is 19.7 Å². The van der Waals surface area contributed by atoms with E-state index in [1.807, 2.05) is 37.3 Å². The number of para-hydroxylation sites is 1. The zero-order valence-electron chi connectivity index (χ0n) is 20.1. The minimum absolute atomic E-state index is 0.0323. The van der Waals surface area contributed by atoms with Crippen molar-refractivity contribution < 1.29 is 19.2 Å². The summed E-state index contributed by atoms with van der Waals surface area (Å²) >= 11 is 0. The molecule has 2 amide bonds. The van der Waals surface area contributed by atoms with Crippen LogP contribution in [-0.2, 0) is 16.0 Å². The molecule has 0 atom stereocenters. The van der Waals surface area contributed by atoms with Gasteiger partial charge in [0, 0.05) is 35.1 Å². The second-order valence-corrected chi connectivity index (χ2v) is 8.05. The number of rotatable bonds is 10. The maximum atomic E-state index is 12.7. The summed E-state index contributed by atoms with van der Waals surface area (Å²) in [4.78, 5) is 35.6. The quantitative estimate of drug-likeness (QED) is 0.249. The number of nitrogens with one attached hydrogen (secondary N) is 2. The highest BCUT2D eigenvalue weighted by molar-refractivity contribution is 5.95. The number of anilines is 1. The van der Waals surface area contributed by atoms with E-state index < -0.39 is 4.92 Å². The fourth-order valence-electron chi connectivity index (χ4n) is 3.66. The van der Waals surface area contributed by atoms with Crippen molar-refractivity contribution in [2.45, 2.75) is 13.3 Å². The summed E-state index contributed by atoms with van der Waals surface area (Å²) in [5, 5.41) is 21.0. The maximum absolute atomic E-state index is 12.7. The number of nitro groups is 1. The van der Waals surface area contributed by atoms with E-state index in [-0.39, 0.29) is 30.5 Å². The summed E-state index contributed by atoms with van der Waals surface area (Å²) in [5.41, 5.74) is 3.12. The molecule has 0 saturated carbocycles. The molecule has 4 rings (SSSR count). The average molecular weight is 500 g/mol. The summed E-state index contributed by atoms with van der Waals surface area (Å²) in [6.07, 6.45) is 1.71. The van der Waals surface area contributed by atoms with Crippen molar-refractivity contribution in [3.8, 4) is 22.7 Å². The Kier molecular flexibility index (Phi) is 7.89. The van der Waals surface area contributed by atoms with Crippen LogP contribution in [0, 0.1) is 10.1 Å². The van der Waals surface area contributed by atoms with E-state index in [1.165, 1.54) is 12.1 Å². The maximum Gasteiger partial charge on any atom is 0.269 e. The standard InChI is InChI=1S/C27H25N5O5/c1-2-37-24-14-10-21(11-15-24)29-26(34)17-28-25(33)16-20-18-31(22-6-4-3-5-7-22)30-27(20)19-8-12-23(13-9-19)32(35)36/h3-15,18H,2,16-17H2,1H3,(H,28,33)(H,29,34). The molecular weight excluding hydrogens is 474 g/mol. The Labute approximate surface area is 213 Å². The lowest BCUT2D eigenvalue weighted by Crippen LogP contribution is -2.33. The van der Waals surface area contributed by atoms with Crippen LogP contribution in [0.4, 0.5) is 11.4 Å². The largest absolute Gasteiger partial charge is 0.494 e. The lowest BCUT2D eigenvalue weighted by molar-refractivity contribution is -0.384. The number of amides is 2. The molecule has 0 aliphatic carbocycles. The van der Waals surface area contributed by atoms with Gasteiger partial charge < -0.3 is 15.4 Å². The summed E-state index contributed by atoms with van der Waals surface area (Å²) in [7, 11) is 0. The van der Waals surface area contributed by atoms with Gasteiger partial charge in [0.15, 0.2) is 0 Å². The van der Waals surface area contributed by atoms with Crippen LogP contribution in [0.3, 0.4) is 0 Å². The highest BCUT2D eigenvalue weighted by Crippen LogP contribution is 2.26. The zero-order valence-corrected chi connectivity index (χ0v) is 20.1. The molecule has 0 fully saturated rings. The number of hydrogen-bond acceptors (Lipinski definition) is 6. The Hall–Kier alpha value is -4.99. The molecular formula is C27H25N5O5. The highest BCUT2D eigenvalue weighted by atomic mass is 16.6. The summed E-state index contributed by atoms with van der Waals surface area (Å²) in [6, 6.07) is 22.3. The number of benzene rings is 3. The fourth-order valence-corrected chi connectivity index (χ4v) is 3.66. The van der Waals surface area contributed by atoms with Crippen molar-refractivity contribution in [1.29, 1.82) is 0 Å². The van der Waals surface area contributed by atoms with Crippen molar-refractivity contribution in [3.05, 3.63) is 101 Å². The van der Waals surface area contributed by atoms with Gasteiger partial charge in [0.25, 0.3) is 5.69 Å². The van der Waals surface area contributed by atoms with Gasteiger partial charge in [0.1, 0.15) is 5.75 Å². The number of carbonyl (C=O) groups excluding carboxylic acids is 2. The van der Waals surface area contributed by atoms with Gasteiger partial charge >= 0.3 is 0 Å². The molecule has 0 spiro atoms. The molecule has 10 heteroatoms. The third kappa shape index (κ3) is 6.57. The first-order chi connectivity index (χ1) is 17.9. The van der Waals surface area contributed by atoms with Gasteiger partial charge in [-0.25, -0.2) is 4.68 Å². The van der Waals surface area contributed by atoms with Crippen molar-refractivity contribution in [2.75, 3.05) is 18.5 Å². The SMILES string of the molecule is CCOc1ccc(NC(=O)CNC(=O)Cc2cn(-c3ccccc3)nc2-c2ccc([N+](=O)[O-])cc2)cc1. The Morgan fingerprint density at radius 1 is 0.973 bits per heavy atom. The molecule has 1 aromatic heterocycles. The summed E-state index contributed by atoms with van der Waals surface area (Å²) in [5.74, 6) is -0.0284. The Morgan fingerprint density at radius 3 is 2.32 bits per heavy atom. The van der Waals surface area contributed by atoms with E-state index >= 15 is 0 Å². The van der Waals surface area contributed by atoms with Crippen molar-refractivity contribution in [3.63, 3.8) is 0 Å². The van der Waals surface area contributed by atoms with Crippen molar-refractivity contribution in [2.24, 2.45) is 0 Å². The topological polar surface area (TPSA) is 128 Å². The molecule has 0 aliphatic rings. The molecule has 2 N–H and O–H groups in total. The van der Waals surface area contributed by atoms with Crippen LogP contribution in [0.25, 0.3) is 16.9 Å². The predicted molar refractivity (Wildman–Crippen MR) is 139 cm³/mol. The van der Waals surface area contributed by atoms with E-state index in [4.69, 9.17) is 4.74 Å². The molecule has 0 aliphatic heterocycles. The van der Waals surface area contributed by atoms with Gasteiger partial charge in [-0.15, -0.1) is 0 Å². The van der Waals surface area contributed by atoms with Gasteiger partial charge in [-0.2, -0.15) is 5.10 Å². The number of aromatic nitrogens is 2. The second-order valence-electron chi connectivity index (χ2n) is 8.05. The van der Waals surface area contributed by atoms with Crippen LogP contribution in [-0.4, -0.2) is 39.7 Å². The van der Waals surface area contributed by atoms with Crippen LogP contribution in [0.15, 0.2) is 85.1 Å². The Morgan fingerprint density at radius 2 is 1.68 bits per heavy atom. The van der Waals surface area contributed by atoms with E-state index in [0.29, 0.717) is 34.9 Å². The Balaban J connectivity index is 1.45. The first kappa shape index (κ1) is 25.1. The molecule has 188 valence electrons. The lowest BCUT2D eigenvalue weighted by Gasteiger charge is -2.08. The third-order valence-corrected chi connectivity index (χ3v) is 5.41. The third-order valence-electron chi connectivity index (χ3n) is 5.41. The lowest BCUT2D eigenvalue weighted by atomic mass is 10.1. The van der Waals surface area contributed by atoms with Gasteiger partial charge in [-0.05, 0) is 55.5 Å². The molecule has 1 heterocycles. The minimum atomic E-state index is -0.473. The molecule has 10 nitrogen and oxygen atoms in total. The predicted octanol–water partition coefficient (Wildman–Crippen LogP) is 4.14. The minimum Gasteiger partial charge on any atom is -0.494 e. The molecule has 0 saturated heterocycles. The first-order valence-corrected chi connectivity index (χ1v) is 11.6. The average Bonchev–Trinajstić information content (AvgIpc) is 3.33. The number of hydrogen-bond donors (Lipinski definition) is 2. The fraction of sp³-hybridized carbons (Fsp3) is 0.148. The molecule has 0 radical (unpaired) electrons. The van der Waals surface area contributed by atoms with Crippen LogP contribution < -0.4 is 15.4 Å². The molecule has 0 bridgehead atoms. The van der Waals surface area contributed by atoms with E-state index in [1.54, 1.807) is 47.3 Å². The highest BCUT2D eigenvalue weighted by Gasteiger charge is 2.17. The number of carbonyl (C=O) groups is 2. The van der Waals surface area contributed by atoms with E-state index in [9.17, 15) is 19.7 Å². The van der Waals surface area contributed by atoms with Crippen LogP contribution in [0.2, 0.25) is 0 Å². The van der Waals surface area contributed by atoms with Crippen molar-refractivity contribution in [1.82, 2.24) is 15.1 Å². The molecule has 0 unspecified atom stereocenters. The van der Waals surface area contributed by atoms with Crippen molar-refractivity contribution >= 4 is 23.2 Å². The normalized spacial score (nSPS) is 10.5. The van der Waals surface area contributed by atoms with E-state index in [2.05, 4.69) is 15.7 Å². The van der Waals surface area contributed by atoms with Gasteiger partial charge in [0.05, 0.1) is 35.9 Å². The number of nitrogens with zero attached hydrogens (tertiary/aromatic N) is 3. The summed E-state index contributed by atoms with van der Waals surface area (Å²) in [6.45, 7) is 2.24. The monoisotopic (exact) mass is 499 g/mol. The summed E-state index contributed by atoms with van der Waals surface area (Å²) < 4.78 is 7.03. The number of ether oxygens (including phenoxy) is 1. The first-order valence-electron chi connectivity index (χ1n) is 11.6. The molecule has 37 heavy (non-hydrogen) atoms. The zero-order chi connectivity index (χ0) is 26.2. The van der Waals surface area contributed by atoms with Crippen LogP contribution in [0.1, 0.15) is 12.5 Å². The number of non-ortho nitro benzene ring substituents is 1. The smallest absolute Gasteiger partial charge is 0.269 e. The van der Waals surface area contributed by atoms with Gasteiger partial charge in [-0.1, -0.05) is 18.2 Å². The van der Waals surface area contributed by atoms with Gasteiger partial charge in [0.2, 0.25) is 11.8 Å². The second kappa shape index (κ2) is 11.6. The van der Waals surface area contributed by atoms with Crippen LogP contribution >= 0.6 is 0 Å². The van der Waals surface area contributed by atoms with Crippen LogP contribution in [0.5, 0.6) is 5.75 Å². The Bertz CT molecular complexity index is 1380. The van der Waals surface area contributed by atoms with E-state index in [0.717, 1.165) is 5.69 Å². The molecule has 3 aromatic carbocycles. The molecule has 4 aromatic rings.